The second-order valence-corrected chi connectivity index (χ2v) is 6.85. The van der Waals surface area contributed by atoms with E-state index >= 15 is 0 Å². The van der Waals surface area contributed by atoms with Gasteiger partial charge in [0.25, 0.3) is 0 Å². The number of hydrogen-bond donors (Lipinski definition) is 2. The molecule has 1 fully saturated rings. The number of carbonyl (C=O) groups is 1. The Kier molecular flexibility index (Phi) is 5.81. The molecule has 0 aromatic heterocycles. The normalized spacial score (nSPS) is 23.6. The molecule has 0 radical (unpaired) electrons. The number of nitrogens with zero attached hydrogens (tertiary/aromatic N) is 1. The predicted octanol–water partition coefficient (Wildman–Crippen LogP) is 2.34. The van der Waals surface area contributed by atoms with E-state index in [1.807, 2.05) is 0 Å². The van der Waals surface area contributed by atoms with Crippen LogP contribution in [-0.4, -0.2) is 48.2 Å². The Morgan fingerprint density at radius 3 is 2.63 bits per heavy atom. The highest BCUT2D eigenvalue weighted by molar-refractivity contribution is 5.78. The van der Waals surface area contributed by atoms with Gasteiger partial charge in [0.15, 0.2) is 0 Å². The van der Waals surface area contributed by atoms with Gasteiger partial charge in [-0.1, -0.05) is 13.8 Å². The summed E-state index contributed by atoms with van der Waals surface area (Å²) in [5.41, 5.74) is -0.319. The first-order valence-corrected chi connectivity index (χ1v) is 7.44. The fraction of sp³-hybridized carbons (Fsp3) is 0.933. The molecule has 0 aromatic rings. The van der Waals surface area contributed by atoms with Crippen LogP contribution in [0.3, 0.4) is 0 Å². The van der Waals surface area contributed by atoms with Gasteiger partial charge in [-0.3, -0.25) is 4.79 Å². The van der Waals surface area contributed by atoms with Crippen molar-refractivity contribution in [3.63, 3.8) is 0 Å². The average Bonchev–Trinajstić information content (AvgIpc) is 2.50. The van der Waals surface area contributed by atoms with Crippen LogP contribution >= 0.6 is 0 Å². The smallest absolute Gasteiger partial charge is 0.323 e. The summed E-state index contributed by atoms with van der Waals surface area (Å²) < 4.78 is 0. The maximum absolute atomic E-state index is 11.2. The summed E-state index contributed by atoms with van der Waals surface area (Å²) in [6.07, 6.45) is 5.42. The second-order valence-electron chi connectivity index (χ2n) is 6.85. The predicted molar refractivity (Wildman–Crippen MR) is 78.4 cm³/mol. The van der Waals surface area contributed by atoms with E-state index in [1.54, 1.807) is 14.0 Å². The van der Waals surface area contributed by atoms with E-state index in [-0.39, 0.29) is 0 Å². The maximum atomic E-state index is 11.2. The van der Waals surface area contributed by atoms with Crippen LogP contribution in [0.1, 0.15) is 52.9 Å². The Labute approximate surface area is 117 Å². The first-order chi connectivity index (χ1) is 8.79. The molecule has 1 unspecified atom stereocenters. The summed E-state index contributed by atoms with van der Waals surface area (Å²) in [5.74, 6) is -0.757. The molecule has 1 atom stereocenters. The molecule has 19 heavy (non-hydrogen) atoms. The quantitative estimate of drug-likeness (QED) is 0.778. The molecule has 0 amide bonds. The highest BCUT2D eigenvalue weighted by atomic mass is 16.4. The van der Waals surface area contributed by atoms with Crippen molar-refractivity contribution in [3.05, 3.63) is 0 Å². The third-order valence-corrected chi connectivity index (χ3v) is 4.61. The summed E-state index contributed by atoms with van der Waals surface area (Å²) in [7, 11) is 1.72. The van der Waals surface area contributed by atoms with Crippen LogP contribution in [0.5, 0.6) is 0 Å². The zero-order valence-corrected chi connectivity index (χ0v) is 13.0. The zero-order valence-electron chi connectivity index (χ0n) is 13.0. The molecule has 0 aliphatic carbocycles. The second kappa shape index (κ2) is 6.71. The van der Waals surface area contributed by atoms with Gasteiger partial charge in [-0.25, -0.2) is 0 Å². The van der Waals surface area contributed by atoms with Gasteiger partial charge in [-0.15, -0.1) is 0 Å². The molecular weight excluding hydrogens is 240 g/mol. The van der Waals surface area contributed by atoms with E-state index in [9.17, 15) is 9.90 Å². The van der Waals surface area contributed by atoms with E-state index in [0.29, 0.717) is 11.8 Å². The molecule has 1 saturated heterocycles. The molecule has 1 rings (SSSR count). The van der Waals surface area contributed by atoms with Gasteiger partial charge in [0, 0.05) is 0 Å². The molecule has 1 aliphatic rings. The van der Waals surface area contributed by atoms with Crippen molar-refractivity contribution in [3.8, 4) is 0 Å². The molecule has 1 aliphatic heterocycles. The van der Waals surface area contributed by atoms with Crippen LogP contribution in [0.25, 0.3) is 0 Å². The Balaban J connectivity index is 2.35. The van der Waals surface area contributed by atoms with E-state index in [4.69, 9.17) is 0 Å². The Bertz CT molecular complexity index is 305. The molecule has 4 nitrogen and oxygen atoms in total. The van der Waals surface area contributed by atoms with Crippen LogP contribution in [0.15, 0.2) is 0 Å². The molecule has 2 N–H and O–H groups in total. The monoisotopic (exact) mass is 270 g/mol. The molecule has 0 aromatic carbocycles. The Morgan fingerprint density at radius 1 is 1.37 bits per heavy atom. The topological polar surface area (TPSA) is 52.6 Å². The van der Waals surface area contributed by atoms with Gasteiger partial charge in [-0.2, -0.15) is 0 Å². The molecule has 112 valence electrons. The van der Waals surface area contributed by atoms with Crippen LogP contribution in [0.4, 0.5) is 0 Å². The third kappa shape index (κ3) is 5.11. The molecule has 0 bridgehead atoms. The SMILES string of the molecule is CNC(C)(CCCN1CCCC(C)(C)CC1)C(=O)O. The lowest BCUT2D eigenvalue weighted by Gasteiger charge is -2.27. The highest BCUT2D eigenvalue weighted by Crippen LogP contribution is 2.29. The fourth-order valence-corrected chi connectivity index (χ4v) is 2.70. The van der Waals surface area contributed by atoms with E-state index in [1.165, 1.54) is 19.3 Å². The van der Waals surface area contributed by atoms with E-state index in [2.05, 4.69) is 24.1 Å². The number of hydrogen-bond acceptors (Lipinski definition) is 3. The zero-order chi connectivity index (χ0) is 14.5. The highest BCUT2D eigenvalue weighted by Gasteiger charge is 2.30. The van der Waals surface area contributed by atoms with Crippen LogP contribution in [0, 0.1) is 5.41 Å². The van der Waals surface area contributed by atoms with Gasteiger partial charge >= 0.3 is 5.97 Å². The van der Waals surface area contributed by atoms with Crippen molar-refractivity contribution >= 4 is 5.97 Å². The summed E-state index contributed by atoms with van der Waals surface area (Å²) in [5, 5.41) is 12.1. The third-order valence-electron chi connectivity index (χ3n) is 4.61. The number of carboxylic acid groups (broad SMARTS) is 1. The van der Waals surface area contributed by atoms with E-state index in [0.717, 1.165) is 26.1 Å². The minimum atomic E-state index is -0.787. The minimum Gasteiger partial charge on any atom is -0.480 e. The Morgan fingerprint density at radius 2 is 2.05 bits per heavy atom. The number of aliphatic carboxylic acids is 1. The molecule has 4 heteroatoms. The van der Waals surface area contributed by atoms with E-state index < -0.39 is 11.5 Å². The van der Waals surface area contributed by atoms with Gasteiger partial charge in [0.2, 0.25) is 0 Å². The van der Waals surface area contributed by atoms with Crippen LogP contribution in [0.2, 0.25) is 0 Å². The molecular formula is C15H30N2O2. The number of likely N-dealkylation sites (N-methyl/N-ethyl adjacent to an activating group) is 1. The van der Waals surface area contributed by atoms with Crippen molar-refractivity contribution in [2.75, 3.05) is 26.7 Å². The maximum Gasteiger partial charge on any atom is 0.323 e. The lowest BCUT2D eigenvalue weighted by atomic mass is 9.85. The average molecular weight is 270 g/mol. The van der Waals surface area contributed by atoms with Crippen molar-refractivity contribution < 1.29 is 9.90 Å². The lowest BCUT2D eigenvalue weighted by molar-refractivity contribution is -0.144. The molecule has 0 spiro atoms. The van der Waals surface area contributed by atoms with Crippen LogP contribution in [-0.2, 0) is 4.79 Å². The summed E-state index contributed by atoms with van der Waals surface area (Å²) >= 11 is 0. The van der Waals surface area contributed by atoms with Gasteiger partial charge in [0.1, 0.15) is 5.54 Å². The summed E-state index contributed by atoms with van der Waals surface area (Å²) in [6.45, 7) is 9.78. The number of nitrogens with one attached hydrogen (secondary N) is 1. The number of carboxylic acids is 1. The first-order valence-electron chi connectivity index (χ1n) is 7.44. The van der Waals surface area contributed by atoms with Gasteiger partial charge in [0.05, 0.1) is 0 Å². The fourth-order valence-electron chi connectivity index (χ4n) is 2.70. The van der Waals surface area contributed by atoms with Crippen molar-refractivity contribution in [1.29, 1.82) is 0 Å². The van der Waals surface area contributed by atoms with Crippen molar-refractivity contribution in [2.24, 2.45) is 5.41 Å². The van der Waals surface area contributed by atoms with Gasteiger partial charge < -0.3 is 15.3 Å². The Hall–Kier alpha value is -0.610. The van der Waals surface area contributed by atoms with Crippen molar-refractivity contribution in [2.45, 2.75) is 58.4 Å². The summed E-state index contributed by atoms with van der Waals surface area (Å²) in [6, 6.07) is 0. The minimum absolute atomic E-state index is 0.468. The first kappa shape index (κ1) is 16.4. The number of likely N-dealkylation sites (tertiary alicyclic amines) is 1. The van der Waals surface area contributed by atoms with Crippen molar-refractivity contribution in [1.82, 2.24) is 10.2 Å². The molecule has 0 saturated carbocycles. The van der Waals surface area contributed by atoms with Crippen LogP contribution < -0.4 is 5.32 Å². The largest absolute Gasteiger partial charge is 0.480 e. The number of rotatable bonds is 6. The lowest BCUT2D eigenvalue weighted by Crippen LogP contribution is -2.47. The standard InChI is InChI=1S/C15H30N2O2/c1-14(2)7-5-10-17(12-9-14)11-6-8-15(3,16-4)13(18)19/h16H,5-12H2,1-4H3,(H,18,19). The van der Waals surface area contributed by atoms with Gasteiger partial charge in [-0.05, 0) is 71.1 Å². The molecule has 1 heterocycles. The summed E-state index contributed by atoms with van der Waals surface area (Å²) in [4.78, 5) is 13.7.